The predicted octanol–water partition coefficient (Wildman–Crippen LogP) is 9.37. The predicted molar refractivity (Wildman–Crippen MR) is 237 cm³/mol. The molecule has 346 valence electrons. The Labute approximate surface area is 373 Å². The fraction of sp³-hybridized carbons (Fsp3) is 0.540. The Balaban J connectivity index is 1.62. The molecule has 0 heterocycles. The standard InChI is InChI=1S/C50H68O13/c1-5-40(60-47(52)34-39(3)56-4)35-48(53)63-46(29-32-59-43-25-16-10-17-26-43)37-50(55)62-45(28-18-20-31-58-42-23-14-9-15-24-42)36-49(54)61-44(33-38(2)51)27-11-6-7-19-30-57-41-21-12-8-13-22-41/h8-10,12-17,21-26,39-40,44-46H,5-7,11,18-20,27-37H2,1-4H3. The van der Waals surface area contributed by atoms with Crippen molar-refractivity contribution in [3.05, 3.63) is 91.0 Å². The molecule has 0 bridgehead atoms. The van der Waals surface area contributed by atoms with Crippen LogP contribution >= 0.6 is 0 Å². The monoisotopic (exact) mass is 876 g/mol. The van der Waals surface area contributed by atoms with Crippen molar-refractivity contribution >= 4 is 29.7 Å². The number of hydrogen-bond donors (Lipinski definition) is 0. The number of benzene rings is 3. The number of methoxy groups -OCH3 is 1. The zero-order valence-electron chi connectivity index (χ0n) is 37.6. The summed E-state index contributed by atoms with van der Waals surface area (Å²) < 4.78 is 45.7. The van der Waals surface area contributed by atoms with Crippen molar-refractivity contribution in [1.29, 1.82) is 0 Å². The fourth-order valence-electron chi connectivity index (χ4n) is 6.55. The number of esters is 4. The highest BCUT2D eigenvalue weighted by atomic mass is 16.6. The van der Waals surface area contributed by atoms with Gasteiger partial charge in [0.1, 0.15) is 47.4 Å². The van der Waals surface area contributed by atoms with E-state index >= 15 is 0 Å². The molecule has 0 saturated carbocycles. The number of rotatable bonds is 34. The van der Waals surface area contributed by atoms with Crippen LogP contribution in [0.2, 0.25) is 0 Å². The van der Waals surface area contributed by atoms with Crippen LogP contribution in [0.5, 0.6) is 17.2 Å². The molecular formula is C50H68O13. The first-order chi connectivity index (χ1) is 30.5. The minimum Gasteiger partial charge on any atom is -0.494 e. The van der Waals surface area contributed by atoms with Crippen molar-refractivity contribution in [2.75, 3.05) is 26.9 Å². The van der Waals surface area contributed by atoms with Crippen LogP contribution in [0.3, 0.4) is 0 Å². The van der Waals surface area contributed by atoms with Gasteiger partial charge in [-0.3, -0.25) is 24.0 Å². The van der Waals surface area contributed by atoms with E-state index in [1.165, 1.54) is 14.0 Å². The summed E-state index contributed by atoms with van der Waals surface area (Å²) in [6, 6.07) is 28.2. The van der Waals surface area contributed by atoms with E-state index in [4.69, 9.17) is 37.9 Å². The molecule has 3 rings (SSSR count). The van der Waals surface area contributed by atoms with E-state index in [-0.39, 0.29) is 57.0 Å². The number of carbonyl (C=O) groups is 5. The van der Waals surface area contributed by atoms with Crippen LogP contribution in [-0.4, -0.2) is 87.1 Å². The second kappa shape index (κ2) is 31.4. The zero-order valence-corrected chi connectivity index (χ0v) is 37.6. The highest BCUT2D eigenvalue weighted by Crippen LogP contribution is 2.20. The zero-order chi connectivity index (χ0) is 45.5. The Morgan fingerprint density at radius 3 is 1.27 bits per heavy atom. The maximum Gasteiger partial charge on any atom is 0.309 e. The highest BCUT2D eigenvalue weighted by Gasteiger charge is 2.27. The molecule has 0 aliphatic carbocycles. The van der Waals surface area contributed by atoms with Crippen LogP contribution in [0.25, 0.3) is 0 Å². The lowest BCUT2D eigenvalue weighted by Gasteiger charge is -2.23. The third-order valence-electron chi connectivity index (χ3n) is 10.0. The van der Waals surface area contributed by atoms with Gasteiger partial charge in [-0.1, -0.05) is 74.4 Å². The number of Topliss-reactive ketones (excluding diaryl/α,β-unsaturated/α-hetero) is 1. The molecule has 0 aliphatic heterocycles. The molecule has 3 aromatic carbocycles. The highest BCUT2D eigenvalue weighted by molar-refractivity contribution is 5.77. The lowest BCUT2D eigenvalue weighted by Crippen LogP contribution is -2.31. The number of para-hydroxylation sites is 3. The Hall–Kier alpha value is -5.43. The van der Waals surface area contributed by atoms with E-state index < -0.39 is 48.3 Å². The minimum atomic E-state index is -0.938. The van der Waals surface area contributed by atoms with Crippen molar-refractivity contribution < 1.29 is 61.9 Å². The quantitative estimate of drug-likeness (QED) is 0.0318. The van der Waals surface area contributed by atoms with Gasteiger partial charge < -0.3 is 37.9 Å². The number of ether oxygens (including phenoxy) is 8. The summed E-state index contributed by atoms with van der Waals surface area (Å²) in [5.74, 6) is -0.303. The van der Waals surface area contributed by atoms with Gasteiger partial charge >= 0.3 is 23.9 Å². The normalized spacial score (nSPS) is 13.3. The summed E-state index contributed by atoms with van der Waals surface area (Å²) in [6.07, 6.45) is 1.98. The Bertz CT molecular complexity index is 1720. The average molecular weight is 877 g/mol. The van der Waals surface area contributed by atoms with Crippen LogP contribution in [-0.2, 0) is 47.7 Å². The van der Waals surface area contributed by atoms with Gasteiger partial charge in [0, 0.05) is 20.0 Å². The van der Waals surface area contributed by atoms with Crippen LogP contribution in [0.4, 0.5) is 0 Å². The van der Waals surface area contributed by atoms with E-state index in [1.54, 1.807) is 26.0 Å². The molecule has 5 atom stereocenters. The summed E-state index contributed by atoms with van der Waals surface area (Å²) >= 11 is 0. The van der Waals surface area contributed by atoms with Crippen molar-refractivity contribution in [3.8, 4) is 17.2 Å². The second-order valence-electron chi connectivity index (χ2n) is 15.6. The van der Waals surface area contributed by atoms with Crippen LogP contribution in [0, 0.1) is 0 Å². The van der Waals surface area contributed by atoms with Crippen molar-refractivity contribution in [2.24, 2.45) is 0 Å². The third-order valence-corrected chi connectivity index (χ3v) is 10.0. The van der Waals surface area contributed by atoms with E-state index in [0.29, 0.717) is 51.1 Å². The maximum absolute atomic E-state index is 13.6. The molecule has 0 amide bonds. The van der Waals surface area contributed by atoms with E-state index in [1.807, 2.05) is 78.9 Å². The van der Waals surface area contributed by atoms with E-state index in [2.05, 4.69) is 0 Å². The molecule has 0 saturated heterocycles. The summed E-state index contributed by atoms with van der Waals surface area (Å²) in [5, 5.41) is 0. The molecule has 13 nitrogen and oxygen atoms in total. The van der Waals surface area contributed by atoms with Crippen molar-refractivity contribution in [2.45, 2.75) is 148 Å². The first kappa shape index (κ1) is 51.9. The second-order valence-corrected chi connectivity index (χ2v) is 15.6. The van der Waals surface area contributed by atoms with Crippen LogP contribution in [0.1, 0.15) is 117 Å². The minimum absolute atomic E-state index is 0.0333. The van der Waals surface area contributed by atoms with Crippen molar-refractivity contribution in [3.63, 3.8) is 0 Å². The smallest absolute Gasteiger partial charge is 0.309 e. The summed E-state index contributed by atoms with van der Waals surface area (Å²) in [4.78, 5) is 64.8. The number of ketones is 1. The largest absolute Gasteiger partial charge is 0.494 e. The van der Waals surface area contributed by atoms with Gasteiger partial charge in [0.05, 0.1) is 51.6 Å². The Morgan fingerprint density at radius 2 is 0.810 bits per heavy atom. The first-order valence-corrected chi connectivity index (χ1v) is 22.4. The summed E-state index contributed by atoms with van der Waals surface area (Å²) in [7, 11) is 1.50. The third kappa shape index (κ3) is 24.7. The number of carbonyl (C=O) groups excluding carboxylic acids is 5. The Morgan fingerprint density at radius 1 is 0.444 bits per heavy atom. The number of hydrogen-bond acceptors (Lipinski definition) is 13. The molecule has 0 radical (unpaired) electrons. The number of unbranched alkanes of at least 4 members (excludes halogenated alkanes) is 4. The molecular weight excluding hydrogens is 809 g/mol. The topological polar surface area (TPSA) is 159 Å². The van der Waals surface area contributed by atoms with Gasteiger partial charge in [-0.05, 0) is 95.2 Å². The lowest BCUT2D eigenvalue weighted by atomic mass is 10.0. The molecule has 0 fully saturated rings. The molecule has 0 aromatic heterocycles. The SMILES string of the molecule is CCC(CC(=O)OC(CCOc1ccccc1)CC(=O)OC(CCCCOc1ccccc1)CC(=O)OC(CCCCCCOc1ccccc1)CC(C)=O)OC(=O)CC(C)OC. The molecule has 0 N–H and O–H groups in total. The molecule has 5 unspecified atom stereocenters. The summed E-state index contributed by atoms with van der Waals surface area (Å²) in [5.41, 5.74) is 0. The fourth-order valence-corrected chi connectivity index (χ4v) is 6.55. The maximum atomic E-state index is 13.6. The molecule has 13 heteroatoms. The van der Waals surface area contributed by atoms with Gasteiger partial charge in [0.2, 0.25) is 0 Å². The lowest BCUT2D eigenvalue weighted by molar-refractivity contribution is -0.163. The molecule has 63 heavy (non-hydrogen) atoms. The van der Waals surface area contributed by atoms with Gasteiger partial charge in [0.25, 0.3) is 0 Å². The molecule has 0 spiro atoms. The van der Waals surface area contributed by atoms with Gasteiger partial charge in [0.15, 0.2) is 0 Å². The Kier molecular flexibility index (Phi) is 25.9. The van der Waals surface area contributed by atoms with Crippen molar-refractivity contribution in [1.82, 2.24) is 0 Å². The van der Waals surface area contributed by atoms with Gasteiger partial charge in [-0.25, -0.2) is 0 Å². The van der Waals surface area contributed by atoms with Gasteiger partial charge in [-0.2, -0.15) is 0 Å². The van der Waals surface area contributed by atoms with E-state index in [9.17, 15) is 24.0 Å². The van der Waals surface area contributed by atoms with Crippen LogP contribution in [0.15, 0.2) is 91.0 Å². The molecule has 3 aromatic rings. The molecule has 0 aliphatic rings. The van der Waals surface area contributed by atoms with Crippen LogP contribution < -0.4 is 14.2 Å². The average Bonchev–Trinajstić information content (AvgIpc) is 3.26. The first-order valence-electron chi connectivity index (χ1n) is 22.4. The summed E-state index contributed by atoms with van der Waals surface area (Å²) in [6.45, 7) is 6.16. The van der Waals surface area contributed by atoms with Gasteiger partial charge in [-0.15, -0.1) is 0 Å². The van der Waals surface area contributed by atoms with E-state index in [0.717, 1.165) is 37.2 Å².